The number of thiazole rings is 1. The van der Waals surface area contributed by atoms with E-state index in [1.807, 2.05) is 12.1 Å². The molecular formula is C23H28N2O3S. The van der Waals surface area contributed by atoms with E-state index in [4.69, 9.17) is 19.2 Å². The van der Waals surface area contributed by atoms with Gasteiger partial charge in [-0.1, -0.05) is 6.07 Å². The molecule has 0 N–H and O–H groups in total. The molecule has 0 radical (unpaired) electrons. The molecule has 3 aromatic rings. The highest BCUT2D eigenvalue weighted by Crippen LogP contribution is 2.41. The van der Waals surface area contributed by atoms with Crippen molar-refractivity contribution in [1.82, 2.24) is 4.57 Å². The molecule has 0 aliphatic rings. The van der Waals surface area contributed by atoms with E-state index in [1.165, 1.54) is 11.1 Å². The van der Waals surface area contributed by atoms with Crippen LogP contribution >= 0.6 is 11.3 Å². The Labute approximate surface area is 176 Å². The number of hydrogen-bond acceptors (Lipinski definition) is 5. The first-order valence-electron chi connectivity index (χ1n) is 9.51. The fourth-order valence-corrected chi connectivity index (χ4v) is 4.51. The lowest BCUT2D eigenvalue weighted by Crippen LogP contribution is -2.18. The van der Waals surface area contributed by atoms with E-state index >= 15 is 0 Å². The zero-order valence-corrected chi connectivity index (χ0v) is 18.9. The molecule has 2 aromatic carbocycles. The normalized spacial score (nSPS) is 11.8. The predicted octanol–water partition coefficient (Wildman–Crippen LogP) is 5.67. The van der Waals surface area contributed by atoms with Gasteiger partial charge >= 0.3 is 0 Å². The van der Waals surface area contributed by atoms with E-state index in [0.29, 0.717) is 17.2 Å². The molecule has 29 heavy (non-hydrogen) atoms. The van der Waals surface area contributed by atoms with Gasteiger partial charge < -0.3 is 18.8 Å². The zero-order valence-electron chi connectivity index (χ0n) is 18.1. The second-order valence-electron chi connectivity index (χ2n) is 7.24. The second kappa shape index (κ2) is 8.74. The maximum atomic E-state index is 5.54. The molecule has 0 atom stereocenters. The van der Waals surface area contributed by atoms with Crippen LogP contribution in [-0.4, -0.2) is 25.9 Å². The van der Waals surface area contributed by atoms with E-state index in [2.05, 4.69) is 55.8 Å². The minimum absolute atomic E-state index is 0.236. The van der Waals surface area contributed by atoms with Crippen LogP contribution < -0.4 is 19.0 Å². The van der Waals surface area contributed by atoms with Crippen LogP contribution in [0.3, 0.4) is 0 Å². The molecule has 0 bridgehead atoms. The number of methoxy groups -OCH3 is 3. The number of aryl methyl sites for hydroxylation is 2. The largest absolute Gasteiger partial charge is 0.493 e. The zero-order chi connectivity index (χ0) is 21.1. The summed E-state index contributed by atoms with van der Waals surface area (Å²) >= 11 is 1.63. The molecule has 0 aliphatic heterocycles. The highest BCUT2D eigenvalue weighted by atomic mass is 32.1. The SMILES string of the molecule is COc1cc(-c2csc(=Nc3cc(C)cc(C)c3)n2C(C)C)cc(OC)c1OC. The first kappa shape index (κ1) is 21.0. The van der Waals surface area contributed by atoms with Gasteiger partial charge in [-0.3, -0.25) is 0 Å². The van der Waals surface area contributed by atoms with Crippen molar-refractivity contribution in [3.8, 4) is 28.5 Å². The van der Waals surface area contributed by atoms with Gasteiger partial charge in [-0.2, -0.15) is 0 Å². The monoisotopic (exact) mass is 412 g/mol. The Bertz CT molecular complexity index is 1030. The van der Waals surface area contributed by atoms with Crippen molar-refractivity contribution < 1.29 is 14.2 Å². The summed E-state index contributed by atoms with van der Waals surface area (Å²) in [6.07, 6.45) is 0. The standard InChI is InChI=1S/C23H28N2O3S/c1-14(2)25-19(17-11-20(26-5)22(28-7)21(12-17)27-6)13-29-23(25)24-18-9-15(3)8-16(4)10-18/h8-14H,1-7H3. The van der Waals surface area contributed by atoms with Crippen LogP contribution in [0, 0.1) is 13.8 Å². The van der Waals surface area contributed by atoms with E-state index < -0.39 is 0 Å². The van der Waals surface area contributed by atoms with Gasteiger partial charge in [0.2, 0.25) is 5.75 Å². The van der Waals surface area contributed by atoms with Crippen LogP contribution in [0.15, 0.2) is 40.7 Å². The number of rotatable bonds is 6. The molecule has 1 heterocycles. The summed E-state index contributed by atoms with van der Waals surface area (Å²) in [6.45, 7) is 8.51. The van der Waals surface area contributed by atoms with Gasteiger partial charge in [-0.15, -0.1) is 11.3 Å². The lowest BCUT2D eigenvalue weighted by atomic mass is 10.1. The molecule has 0 unspecified atom stereocenters. The molecule has 5 nitrogen and oxygen atoms in total. The number of aromatic nitrogens is 1. The van der Waals surface area contributed by atoms with Crippen molar-refractivity contribution in [2.75, 3.05) is 21.3 Å². The smallest absolute Gasteiger partial charge is 0.203 e. The van der Waals surface area contributed by atoms with E-state index in [1.54, 1.807) is 32.7 Å². The van der Waals surface area contributed by atoms with Crippen molar-refractivity contribution in [2.24, 2.45) is 4.99 Å². The minimum atomic E-state index is 0.236. The predicted molar refractivity (Wildman–Crippen MR) is 119 cm³/mol. The fourth-order valence-electron chi connectivity index (χ4n) is 3.47. The third kappa shape index (κ3) is 4.32. The molecule has 0 amide bonds. The summed E-state index contributed by atoms with van der Waals surface area (Å²) in [5.74, 6) is 1.86. The maximum absolute atomic E-state index is 5.54. The van der Waals surface area contributed by atoms with Crippen LogP contribution in [0.5, 0.6) is 17.2 Å². The molecule has 0 spiro atoms. The Morgan fingerprint density at radius 1 is 0.862 bits per heavy atom. The summed E-state index contributed by atoms with van der Waals surface area (Å²) in [5.41, 5.74) is 5.44. The summed E-state index contributed by atoms with van der Waals surface area (Å²) in [5, 5.41) is 2.13. The van der Waals surface area contributed by atoms with E-state index in [0.717, 1.165) is 21.7 Å². The Balaban J connectivity index is 2.21. The molecule has 0 saturated carbocycles. The average molecular weight is 413 g/mol. The number of nitrogens with zero attached hydrogens (tertiary/aromatic N) is 2. The van der Waals surface area contributed by atoms with Crippen LogP contribution in [0.25, 0.3) is 11.3 Å². The third-order valence-electron chi connectivity index (χ3n) is 4.65. The summed E-state index contributed by atoms with van der Waals surface area (Å²) in [7, 11) is 4.87. The first-order valence-corrected chi connectivity index (χ1v) is 10.4. The average Bonchev–Trinajstić information content (AvgIpc) is 3.09. The van der Waals surface area contributed by atoms with Gasteiger partial charge in [0.1, 0.15) is 0 Å². The highest BCUT2D eigenvalue weighted by molar-refractivity contribution is 7.07. The number of ether oxygens (including phenoxy) is 3. The molecular weight excluding hydrogens is 384 g/mol. The molecule has 0 fully saturated rings. The fraction of sp³-hybridized carbons (Fsp3) is 0.348. The third-order valence-corrected chi connectivity index (χ3v) is 5.49. The van der Waals surface area contributed by atoms with Gasteiger partial charge in [-0.25, -0.2) is 4.99 Å². The first-order chi connectivity index (χ1) is 13.9. The van der Waals surface area contributed by atoms with Crippen molar-refractivity contribution in [1.29, 1.82) is 0 Å². The van der Waals surface area contributed by atoms with Crippen LogP contribution in [0.2, 0.25) is 0 Å². The Kier molecular flexibility index (Phi) is 6.33. The molecule has 0 aliphatic carbocycles. The Morgan fingerprint density at radius 3 is 1.93 bits per heavy atom. The van der Waals surface area contributed by atoms with Gasteiger partial charge in [0.25, 0.3) is 0 Å². The highest BCUT2D eigenvalue weighted by Gasteiger charge is 2.18. The lowest BCUT2D eigenvalue weighted by molar-refractivity contribution is 0.324. The molecule has 154 valence electrons. The second-order valence-corrected chi connectivity index (χ2v) is 8.08. The quantitative estimate of drug-likeness (QED) is 0.524. The number of hydrogen-bond donors (Lipinski definition) is 0. The summed E-state index contributed by atoms with van der Waals surface area (Å²) < 4.78 is 18.8. The van der Waals surface area contributed by atoms with Crippen molar-refractivity contribution >= 4 is 17.0 Å². The lowest BCUT2D eigenvalue weighted by Gasteiger charge is -2.17. The van der Waals surface area contributed by atoms with Crippen molar-refractivity contribution in [2.45, 2.75) is 33.7 Å². The van der Waals surface area contributed by atoms with Gasteiger partial charge in [-0.05, 0) is 63.1 Å². The van der Waals surface area contributed by atoms with Crippen LogP contribution in [0.1, 0.15) is 31.0 Å². The topological polar surface area (TPSA) is 45.0 Å². The Hall–Kier alpha value is -2.73. The van der Waals surface area contributed by atoms with Crippen molar-refractivity contribution in [3.05, 3.63) is 51.6 Å². The molecule has 0 saturated heterocycles. The maximum Gasteiger partial charge on any atom is 0.203 e. The number of benzene rings is 2. The molecule has 3 rings (SSSR count). The minimum Gasteiger partial charge on any atom is -0.493 e. The summed E-state index contributed by atoms with van der Waals surface area (Å²) in [6, 6.07) is 10.6. The van der Waals surface area contributed by atoms with E-state index in [9.17, 15) is 0 Å². The Morgan fingerprint density at radius 2 is 1.45 bits per heavy atom. The van der Waals surface area contributed by atoms with Gasteiger partial charge in [0, 0.05) is 17.0 Å². The van der Waals surface area contributed by atoms with Crippen LogP contribution in [-0.2, 0) is 0 Å². The van der Waals surface area contributed by atoms with Crippen molar-refractivity contribution in [3.63, 3.8) is 0 Å². The summed E-state index contributed by atoms with van der Waals surface area (Å²) in [4.78, 5) is 5.90. The van der Waals surface area contributed by atoms with Gasteiger partial charge in [0.15, 0.2) is 16.3 Å². The molecule has 1 aromatic heterocycles. The van der Waals surface area contributed by atoms with Crippen LogP contribution in [0.4, 0.5) is 5.69 Å². The van der Waals surface area contributed by atoms with Gasteiger partial charge in [0.05, 0.1) is 32.7 Å². The van der Waals surface area contributed by atoms with E-state index in [-0.39, 0.29) is 6.04 Å². The molecule has 6 heteroatoms.